The van der Waals surface area contributed by atoms with E-state index in [2.05, 4.69) is 52.0 Å². The van der Waals surface area contributed by atoms with E-state index in [1.165, 1.54) is 33.4 Å². The van der Waals surface area contributed by atoms with E-state index in [4.69, 9.17) is 28.4 Å². The Bertz CT molecular complexity index is 909. The average Bonchev–Trinajstić information content (AvgIpc) is 3.87. The lowest BCUT2D eigenvalue weighted by Crippen LogP contribution is -2.26. The molecular formula is C32H46O6. The van der Waals surface area contributed by atoms with Gasteiger partial charge in [0.25, 0.3) is 0 Å². The third kappa shape index (κ3) is 7.29. The predicted octanol–water partition coefficient (Wildman–Crippen LogP) is 5.31. The van der Waals surface area contributed by atoms with Crippen molar-refractivity contribution >= 4 is 0 Å². The van der Waals surface area contributed by atoms with Gasteiger partial charge in [0, 0.05) is 14.2 Å². The van der Waals surface area contributed by atoms with E-state index in [-0.39, 0.29) is 24.4 Å². The van der Waals surface area contributed by atoms with Crippen LogP contribution in [0.4, 0.5) is 0 Å². The fourth-order valence-electron chi connectivity index (χ4n) is 5.18. The quantitative estimate of drug-likeness (QED) is 0.261. The molecule has 6 nitrogen and oxygen atoms in total. The van der Waals surface area contributed by atoms with Gasteiger partial charge in [0.05, 0.1) is 13.2 Å². The molecule has 0 aliphatic carbocycles. The molecule has 4 atom stereocenters. The van der Waals surface area contributed by atoms with Gasteiger partial charge in [-0.1, -0.05) is 52.0 Å². The van der Waals surface area contributed by atoms with Crippen LogP contribution in [0.2, 0.25) is 0 Å². The monoisotopic (exact) mass is 526 g/mol. The molecule has 2 heterocycles. The first-order chi connectivity index (χ1) is 18.5. The minimum Gasteiger partial charge on any atom is -0.490 e. The standard InChI is InChI=1S/C32H46O6/c1-7-23-13-21(14-24(8-2)31(23)37-17-27(33-5)29-19-35-29)11-12-22-15-25(9-3)32(26(10-4)16-22)38-18-28(34-6)30-20-36-30/h13-16,27-30H,7-12,17-20H2,1-6H3. The first-order valence-corrected chi connectivity index (χ1v) is 14.4. The SMILES string of the molecule is CCc1cc(CCc2cc(CC)c(OCC(OC)C3CO3)c(CC)c2)cc(CC)c1OCC(OC)C1CO1. The highest BCUT2D eigenvalue weighted by atomic mass is 16.6. The molecule has 0 N–H and O–H groups in total. The average molecular weight is 527 g/mol. The van der Waals surface area contributed by atoms with E-state index in [1.54, 1.807) is 14.2 Å². The van der Waals surface area contributed by atoms with Crippen molar-refractivity contribution in [2.75, 3.05) is 40.6 Å². The molecule has 2 fully saturated rings. The Balaban J connectivity index is 1.46. The summed E-state index contributed by atoms with van der Waals surface area (Å²) in [6.45, 7) is 11.4. The second-order valence-electron chi connectivity index (χ2n) is 10.3. The Morgan fingerprint density at radius 3 is 1.18 bits per heavy atom. The lowest BCUT2D eigenvalue weighted by molar-refractivity contribution is 0.0368. The van der Waals surface area contributed by atoms with Gasteiger partial charge in [-0.2, -0.15) is 0 Å². The van der Waals surface area contributed by atoms with Crippen LogP contribution in [0.1, 0.15) is 61.1 Å². The van der Waals surface area contributed by atoms with E-state index in [0.717, 1.165) is 63.2 Å². The summed E-state index contributed by atoms with van der Waals surface area (Å²) in [5, 5.41) is 0. The summed E-state index contributed by atoms with van der Waals surface area (Å²) >= 11 is 0. The van der Waals surface area contributed by atoms with Crippen LogP contribution in [0.3, 0.4) is 0 Å². The molecule has 0 aromatic heterocycles. The van der Waals surface area contributed by atoms with Crippen LogP contribution in [-0.4, -0.2) is 65.1 Å². The van der Waals surface area contributed by atoms with Crippen molar-refractivity contribution in [2.45, 2.75) is 90.6 Å². The molecule has 2 aliphatic heterocycles. The Morgan fingerprint density at radius 1 is 0.632 bits per heavy atom. The highest BCUT2D eigenvalue weighted by Gasteiger charge is 2.34. The first-order valence-electron chi connectivity index (χ1n) is 14.4. The molecule has 4 rings (SSSR count). The van der Waals surface area contributed by atoms with Crippen molar-refractivity contribution in [3.63, 3.8) is 0 Å². The minimum atomic E-state index is -0.0148. The molecule has 0 amide bonds. The number of benzene rings is 2. The lowest BCUT2D eigenvalue weighted by atomic mass is 9.94. The molecule has 0 radical (unpaired) electrons. The Morgan fingerprint density at radius 2 is 0.947 bits per heavy atom. The molecule has 4 unspecified atom stereocenters. The first kappa shape index (κ1) is 28.9. The Labute approximate surface area is 228 Å². The summed E-state index contributed by atoms with van der Waals surface area (Å²) in [5.74, 6) is 2.05. The summed E-state index contributed by atoms with van der Waals surface area (Å²) < 4.78 is 34.6. The number of ether oxygens (including phenoxy) is 6. The van der Waals surface area contributed by atoms with Crippen molar-refractivity contribution in [1.29, 1.82) is 0 Å². The largest absolute Gasteiger partial charge is 0.490 e. The van der Waals surface area contributed by atoms with Gasteiger partial charge in [0.1, 0.15) is 49.1 Å². The van der Waals surface area contributed by atoms with Gasteiger partial charge in [0.15, 0.2) is 0 Å². The number of hydrogen-bond acceptors (Lipinski definition) is 6. The third-order valence-electron chi connectivity index (χ3n) is 7.77. The molecule has 2 aromatic rings. The number of aryl methyl sites for hydroxylation is 6. The number of epoxide rings is 2. The fraction of sp³-hybridized carbons (Fsp3) is 0.625. The van der Waals surface area contributed by atoms with Crippen LogP contribution in [-0.2, 0) is 57.5 Å². The van der Waals surface area contributed by atoms with Gasteiger partial charge in [-0.05, 0) is 71.9 Å². The van der Waals surface area contributed by atoms with Crippen molar-refractivity contribution < 1.29 is 28.4 Å². The van der Waals surface area contributed by atoms with E-state index >= 15 is 0 Å². The Kier molecular flexibility index (Phi) is 10.5. The molecule has 6 heteroatoms. The van der Waals surface area contributed by atoms with E-state index in [1.807, 2.05) is 0 Å². The molecular weight excluding hydrogens is 480 g/mol. The van der Waals surface area contributed by atoms with Gasteiger partial charge < -0.3 is 28.4 Å². The van der Waals surface area contributed by atoms with Crippen molar-refractivity contribution in [2.24, 2.45) is 0 Å². The molecule has 0 saturated carbocycles. The molecule has 2 aliphatic rings. The minimum absolute atomic E-state index is 0.0148. The topological polar surface area (TPSA) is 62.0 Å². The zero-order valence-electron chi connectivity index (χ0n) is 24.1. The number of hydrogen-bond donors (Lipinski definition) is 0. The summed E-state index contributed by atoms with van der Waals surface area (Å²) in [6.07, 6.45) is 6.05. The second-order valence-corrected chi connectivity index (χ2v) is 10.3. The zero-order valence-corrected chi connectivity index (χ0v) is 24.1. The molecule has 2 saturated heterocycles. The van der Waals surface area contributed by atoms with Gasteiger partial charge in [0.2, 0.25) is 0 Å². The number of rotatable bonds is 17. The summed E-state index contributed by atoms with van der Waals surface area (Å²) in [6, 6.07) is 9.31. The van der Waals surface area contributed by atoms with Crippen molar-refractivity contribution in [3.8, 4) is 11.5 Å². The molecule has 38 heavy (non-hydrogen) atoms. The normalized spacial score (nSPS) is 19.7. The van der Waals surface area contributed by atoms with Crippen LogP contribution in [0.25, 0.3) is 0 Å². The van der Waals surface area contributed by atoms with Crippen LogP contribution in [0.5, 0.6) is 11.5 Å². The predicted molar refractivity (Wildman–Crippen MR) is 150 cm³/mol. The summed E-state index contributed by atoms with van der Waals surface area (Å²) in [5.41, 5.74) is 7.80. The van der Waals surface area contributed by atoms with Crippen molar-refractivity contribution in [3.05, 3.63) is 57.6 Å². The maximum Gasteiger partial charge on any atom is 0.125 e. The van der Waals surface area contributed by atoms with Crippen molar-refractivity contribution in [1.82, 2.24) is 0 Å². The maximum absolute atomic E-state index is 6.33. The fourth-order valence-corrected chi connectivity index (χ4v) is 5.18. The van der Waals surface area contributed by atoms with Crippen LogP contribution in [0.15, 0.2) is 24.3 Å². The highest BCUT2D eigenvalue weighted by molar-refractivity contribution is 5.47. The molecule has 2 aromatic carbocycles. The van der Waals surface area contributed by atoms with Crippen LogP contribution >= 0.6 is 0 Å². The van der Waals surface area contributed by atoms with Crippen LogP contribution < -0.4 is 9.47 Å². The van der Waals surface area contributed by atoms with Gasteiger partial charge in [-0.25, -0.2) is 0 Å². The maximum atomic E-state index is 6.33. The van der Waals surface area contributed by atoms with Crippen LogP contribution in [0, 0.1) is 0 Å². The van der Waals surface area contributed by atoms with Gasteiger partial charge in [-0.3, -0.25) is 0 Å². The van der Waals surface area contributed by atoms with E-state index in [9.17, 15) is 0 Å². The van der Waals surface area contributed by atoms with Gasteiger partial charge >= 0.3 is 0 Å². The van der Waals surface area contributed by atoms with E-state index < -0.39 is 0 Å². The smallest absolute Gasteiger partial charge is 0.125 e. The second kappa shape index (κ2) is 13.8. The summed E-state index contributed by atoms with van der Waals surface area (Å²) in [4.78, 5) is 0. The third-order valence-corrected chi connectivity index (χ3v) is 7.77. The lowest BCUT2D eigenvalue weighted by Gasteiger charge is -2.21. The summed E-state index contributed by atoms with van der Waals surface area (Å²) in [7, 11) is 3.46. The highest BCUT2D eigenvalue weighted by Crippen LogP contribution is 2.31. The van der Waals surface area contributed by atoms with Gasteiger partial charge in [-0.15, -0.1) is 0 Å². The number of methoxy groups -OCH3 is 2. The van der Waals surface area contributed by atoms with E-state index in [0.29, 0.717) is 13.2 Å². The Hall–Kier alpha value is -2.12. The molecule has 0 spiro atoms. The molecule has 0 bridgehead atoms. The zero-order chi connectivity index (χ0) is 27.1. The molecule has 210 valence electrons.